The maximum atomic E-state index is 12.0. The molecule has 5 nitrogen and oxygen atoms in total. The SMILES string of the molecule is O=C(O)c1cn(C2CC2)c2c(c1=O)=CCCN=2. The summed E-state index contributed by atoms with van der Waals surface area (Å²) < 4.78 is 1.86. The summed E-state index contributed by atoms with van der Waals surface area (Å²) in [6.45, 7) is 0.672. The van der Waals surface area contributed by atoms with E-state index in [0.29, 0.717) is 29.7 Å². The maximum Gasteiger partial charge on any atom is 0.341 e. The van der Waals surface area contributed by atoms with Crippen molar-refractivity contribution in [1.29, 1.82) is 0 Å². The summed E-state index contributed by atoms with van der Waals surface area (Å²) in [4.78, 5) is 27.4. The summed E-state index contributed by atoms with van der Waals surface area (Å²) >= 11 is 0. The fraction of sp³-hybridized carbons (Fsp3) is 0.417. The molecule has 88 valence electrons. The van der Waals surface area contributed by atoms with E-state index in [1.165, 1.54) is 6.20 Å². The van der Waals surface area contributed by atoms with Crippen LogP contribution in [0.4, 0.5) is 0 Å². The monoisotopic (exact) mass is 232 g/mol. The number of nitrogens with zero attached hydrogens (tertiary/aromatic N) is 2. The van der Waals surface area contributed by atoms with Gasteiger partial charge in [0.2, 0.25) is 5.43 Å². The lowest BCUT2D eigenvalue weighted by Crippen LogP contribution is -2.49. The third-order valence-electron chi connectivity index (χ3n) is 3.15. The van der Waals surface area contributed by atoms with Crippen LogP contribution < -0.4 is 16.1 Å². The van der Waals surface area contributed by atoms with Gasteiger partial charge in [0.05, 0.1) is 5.22 Å². The zero-order valence-corrected chi connectivity index (χ0v) is 9.22. The lowest BCUT2D eigenvalue weighted by molar-refractivity contribution is 0.0694. The van der Waals surface area contributed by atoms with E-state index in [1.54, 1.807) is 6.08 Å². The molecule has 5 heteroatoms. The molecule has 1 aliphatic carbocycles. The fourth-order valence-corrected chi connectivity index (χ4v) is 2.16. The van der Waals surface area contributed by atoms with Crippen molar-refractivity contribution >= 4 is 12.0 Å². The van der Waals surface area contributed by atoms with Gasteiger partial charge in [-0.2, -0.15) is 0 Å². The minimum atomic E-state index is -1.16. The molecule has 1 N–H and O–H groups in total. The van der Waals surface area contributed by atoms with Crippen LogP contribution in [0.25, 0.3) is 6.08 Å². The van der Waals surface area contributed by atoms with E-state index in [-0.39, 0.29) is 5.56 Å². The van der Waals surface area contributed by atoms with Crippen molar-refractivity contribution in [2.75, 3.05) is 6.54 Å². The highest BCUT2D eigenvalue weighted by atomic mass is 16.4. The number of carboxylic acids is 1. The molecule has 0 saturated heterocycles. The highest BCUT2D eigenvalue weighted by Gasteiger charge is 2.26. The van der Waals surface area contributed by atoms with Crippen LogP contribution in [0.3, 0.4) is 0 Å². The van der Waals surface area contributed by atoms with Crippen molar-refractivity contribution in [1.82, 2.24) is 4.57 Å². The van der Waals surface area contributed by atoms with Crippen LogP contribution in [-0.4, -0.2) is 22.2 Å². The van der Waals surface area contributed by atoms with Crippen molar-refractivity contribution in [3.05, 3.63) is 32.7 Å². The number of pyridine rings is 1. The summed E-state index contributed by atoms with van der Waals surface area (Å²) in [6, 6.07) is 0.317. The average molecular weight is 232 g/mol. The summed E-state index contributed by atoms with van der Waals surface area (Å²) in [5.74, 6) is -1.16. The van der Waals surface area contributed by atoms with Crippen LogP contribution in [0, 0.1) is 0 Å². The molecule has 0 spiro atoms. The number of carbonyl (C=O) groups is 1. The Morgan fingerprint density at radius 2 is 2.24 bits per heavy atom. The second-order valence-electron chi connectivity index (χ2n) is 4.43. The van der Waals surface area contributed by atoms with Gasteiger partial charge in [-0.05, 0) is 19.3 Å². The molecule has 0 unspecified atom stereocenters. The Balaban J connectivity index is 2.42. The van der Waals surface area contributed by atoms with E-state index < -0.39 is 11.4 Å². The third-order valence-corrected chi connectivity index (χ3v) is 3.15. The minimum Gasteiger partial charge on any atom is -0.477 e. The van der Waals surface area contributed by atoms with Gasteiger partial charge >= 0.3 is 5.97 Å². The summed E-state index contributed by atoms with van der Waals surface area (Å²) in [5.41, 5.74) is 0.102. The first kappa shape index (κ1) is 10.3. The van der Waals surface area contributed by atoms with Gasteiger partial charge in [0.25, 0.3) is 0 Å². The Labute approximate surface area is 96.7 Å². The smallest absolute Gasteiger partial charge is 0.341 e. The van der Waals surface area contributed by atoms with E-state index in [9.17, 15) is 9.59 Å². The number of rotatable bonds is 2. The van der Waals surface area contributed by atoms with Gasteiger partial charge in [-0.25, -0.2) is 4.79 Å². The number of hydrogen-bond donors (Lipinski definition) is 1. The van der Waals surface area contributed by atoms with Crippen LogP contribution in [0.1, 0.15) is 35.7 Å². The number of fused-ring (bicyclic) bond motifs is 1. The molecule has 0 aromatic carbocycles. The van der Waals surface area contributed by atoms with Gasteiger partial charge in [-0.1, -0.05) is 6.08 Å². The molecule has 0 amide bonds. The van der Waals surface area contributed by atoms with Crippen molar-refractivity contribution < 1.29 is 9.90 Å². The van der Waals surface area contributed by atoms with E-state index in [2.05, 4.69) is 4.99 Å². The van der Waals surface area contributed by atoms with Gasteiger partial charge in [-0.15, -0.1) is 0 Å². The summed E-state index contributed by atoms with van der Waals surface area (Å²) in [5, 5.41) is 9.50. The molecular weight excluding hydrogens is 220 g/mol. The zero-order chi connectivity index (χ0) is 12.0. The Morgan fingerprint density at radius 3 is 2.88 bits per heavy atom. The van der Waals surface area contributed by atoms with Gasteiger partial charge in [0.15, 0.2) is 0 Å². The largest absolute Gasteiger partial charge is 0.477 e. The predicted molar refractivity (Wildman–Crippen MR) is 60.7 cm³/mol. The second-order valence-corrected chi connectivity index (χ2v) is 4.43. The van der Waals surface area contributed by atoms with Gasteiger partial charge < -0.3 is 9.67 Å². The molecule has 1 aliphatic heterocycles. The van der Waals surface area contributed by atoms with Crippen molar-refractivity contribution in [2.45, 2.75) is 25.3 Å². The van der Waals surface area contributed by atoms with Crippen LogP contribution in [0.2, 0.25) is 0 Å². The normalized spacial score (nSPS) is 17.9. The van der Waals surface area contributed by atoms with Gasteiger partial charge in [-0.3, -0.25) is 9.79 Å². The Hall–Kier alpha value is -1.91. The van der Waals surface area contributed by atoms with Crippen molar-refractivity contribution in [3.63, 3.8) is 0 Å². The molecule has 1 saturated carbocycles. The first-order valence-corrected chi connectivity index (χ1v) is 5.71. The minimum absolute atomic E-state index is 0.149. The first-order valence-electron chi connectivity index (χ1n) is 5.71. The van der Waals surface area contributed by atoms with Crippen LogP contribution in [0.15, 0.2) is 16.0 Å². The molecule has 3 rings (SSSR count). The van der Waals surface area contributed by atoms with Crippen molar-refractivity contribution in [2.24, 2.45) is 4.99 Å². The molecule has 2 heterocycles. The Bertz CT molecular complexity index is 668. The number of aromatic carboxylic acids is 1. The standard InChI is InChI=1S/C12H12N2O3/c15-10-8-2-1-5-13-11(8)14(7-3-4-7)6-9(10)12(16)17/h2,6-7H,1,3-5H2,(H,16,17). The summed E-state index contributed by atoms with van der Waals surface area (Å²) in [7, 11) is 0. The molecule has 1 fully saturated rings. The molecular formula is C12H12N2O3. The molecule has 1 aromatic rings. The number of hydrogen-bond acceptors (Lipinski definition) is 3. The lowest BCUT2D eigenvalue weighted by Gasteiger charge is -2.10. The molecule has 17 heavy (non-hydrogen) atoms. The van der Waals surface area contributed by atoms with E-state index in [4.69, 9.17) is 5.11 Å². The molecule has 0 atom stereocenters. The van der Waals surface area contributed by atoms with Crippen LogP contribution >= 0.6 is 0 Å². The zero-order valence-electron chi connectivity index (χ0n) is 9.22. The van der Waals surface area contributed by atoms with E-state index >= 15 is 0 Å². The topological polar surface area (TPSA) is 71.7 Å². The van der Waals surface area contributed by atoms with Crippen LogP contribution in [-0.2, 0) is 0 Å². The van der Waals surface area contributed by atoms with Crippen molar-refractivity contribution in [3.8, 4) is 0 Å². The summed E-state index contributed by atoms with van der Waals surface area (Å²) in [6.07, 6.45) is 6.02. The highest BCUT2D eigenvalue weighted by Crippen LogP contribution is 2.33. The molecule has 1 aromatic heterocycles. The number of carboxylic acid groups (broad SMARTS) is 1. The second kappa shape index (κ2) is 3.55. The van der Waals surface area contributed by atoms with Gasteiger partial charge in [0, 0.05) is 18.8 Å². The predicted octanol–water partition coefficient (Wildman–Crippen LogP) is -0.315. The first-order chi connectivity index (χ1) is 8.18. The highest BCUT2D eigenvalue weighted by molar-refractivity contribution is 5.87. The fourth-order valence-electron chi connectivity index (χ4n) is 2.16. The molecule has 0 radical (unpaired) electrons. The van der Waals surface area contributed by atoms with E-state index in [0.717, 1.165) is 12.8 Å². The molecule has 0 bridgehead atoms. The molecule has 2 aliphatic rings. The lowest BCUT2D eigenvalue weighted by atomic mass is 10.2. The van der Waals surface area contributed by atoms with Gasteiger partial charge in [0.1, 0.15) is 11.1 Å². The number of aromatic nitrogens is 1. The average Bonchev–Trinajstić information content (AvgIpc) is 3.13. The van der Waals surface area contributed by atoms with E-state index in [1.807, 2.05) is 4.57 Å². The Kier molecular flexibility index (Phi) is 2.14. The quantitative estimate of drug-likeness (QED) is 0.760. The third kappa shape index (κ3) is 1.58. The van der Waals surface area contributed by atoms with Crippen LogP contribution in [0.5, 0.6) is 0 Å². The Morgan fingerprint density at radius 1 is 1.47 bits per heavy atom. The maximum absolute atomic E-state index is 12.0.